The van der Waals surface area contributed by atoms with Gasteiger partial charge in [0.25, 0.3) is 5.91 Å². The maximum Gasteiger partial charge on any atom is 0.303 e. The summed E-state index contributed by atoms with van der Waals surface area (Å²) >= 11 is 0. The molecule has 0 aliphatic carbocycles. The predicted octanol–water partition coefficient (Wildman–Crippen LogP) is 2.73. The molecule has 0 bridgehead atoms. The van der Waals surface area contributed by atoms with Crippen LogP contribution in [0.3, 0.4) is 0 Å². The first-order valence-corrected chi connectivity index (χ1v) is 7.74. The summed E-state index contributed by atoms with van der Waals surface area (Å²) in [6.45, 7) is 4.17. The number of hydrogen-bond acceptors (Lipinski definition) is 3. The third kappa shape index (κ3) is 4.18. The number of nitrogens with one attached hydrogen (secondary N) is 1. The number of carbonyl (C=O) groups excluding carboxylic acids is 1. The largest absolute Gasteiger partial charge is 0.481 e. The molecule has 1 amide bonds. The van der Waals surface area contributed by atoms with Crippen LogP contribution in [0.5, 0.6) is 0 Å². The number of rotatable bonds is 7. The first kappa shape index (κ1) is 17.7. The van der Waals surface area contributed by atoms with Gasteiger partial charge >= 0.3 is 5.97 Å². The van der Waals surface area contributed by atoms with Gasteiger partial charge in [-0.3, -0.25) is 9.59 Å². The molecule has 0 aliphatic rings. The fraction of sp³-hybridized carbons (Fsp3) is 0.353. The van der Waals surface area contributed by atoms with E-state index in [0.29, 0.717) is 17.7 Å². The molecule has 0 unspecified atom stereocenters. The van der Waals surface area contributed by atoms with Gasteiger partial charge in [-0.25, -0.2) is 9.07 Å². The zero-order valence-corrected chi connectivity index (χ0v) is 13.6. The zero-order valence-electron chi connectivity index (χ0n) is 13.6. The lowest BCUT2D eigenvalue weighted by Crippen LogP contribution is -2.26. The highest BCUT2D eigenvalue weighted by Gasteiger charge is 2.20. The molecule has 0 radical (unpaired) electrons. The molecule has 1 heterocycles. The van der Waals surface area contributed by atoms with Crippen LogP contribution in [0.4, 0.5) is 4.39 Å². The maximum atomic E-state index is 13.1. The van der Waals surface area contributed by atoms with Gasteiger partial charge in [0, 0.05) is 13.0 Å². The molecule has 6 nitrogen and oxygen atoms in total. The van der Waals surface area contributed by atoms with Crippen LogP contribution in [0, 0.1) is 5.82 Å². The van der Waals surface area contributed by atoms with Crippen molar-refractivity contribution in [3.63, 3.8) is 0 Å². The van der Waals surface area contributed by atoms with Crippen molar-refractivity contribution in [2.75, 3.05) is 6.54 Å². The Balaban J connectivity index is 2.20. The summed E-state index contributed by atoms with van der Waals surface area (Å²) in [4.78, 5) is 22.8. The molecule has 128 valence electrons. The minimum Gasteiger partial charge on any atom is -0.481 e. The van der Waals surface area contributed by atoms with Gasteiger partial charge in [0.1, 0.15) is 5.82 Å². The van der Waals surface area contributed by atoms with Crippen LogP contribution in [0.15, 0.2) is 30.5 Å². The Bertz CT molecular complexity index is 723. The standard InChI is InChI=1S/C17H20FN3O3/c1-11(2)16-14(17(24)19-9-3-4-15(22)23)10-20-21(16)13-7-5-12(18)6-8-13/h5-8,10-11H,3-4,9H2,1-2H3,(H,19,24)(H,22,23). The number of benzene rings is 1. The van der Waals surface area contributed by atoms with Crippen LogP contribution >= 0.6 is 0 Å². The van der Waals surface area contributed by atoms with E-state index in [1.54, 1.807) is 16.8 Å². The summed E-state index contributed by atoms with van der Waals surface area (Å²) < 4.78 is 14.7. The van der Waals surface area contributed by atoms with Gasteiger partial charge in [-0.05, 0) is 36.6 Å². The number of aliphatic carboxylic acids is 1. The second kappa shape index (κ2) is 7.72. The molecule has 0 fully saturated rings. The first-order valence-electron chi connectivity index (χ1n) is 7.74. The number of nitrogens with zero attached hydrogens (tertiary/aromatic N) is 2. The van der Waals surface area contributed by atoms with Crippen LogP contribution in [-0.4, -0.2) is 33.3 Å². The predicted molar refractivity (Wildman–Crippen MR) is 86.8 cm³/mol. The van der Waals surface area contributed by atoms with Gasteiger partial charge in [0.2, 0.25) is 0 Å². The van der Waals surface area contributed by atoms with Crippen molar-refractivity contribution >= 4 is 11.9 Å². The number of aromatic nitrogens is 2. The Hall–Kier alpha value is -2.70. The van der Waals surface area contributed by atoms with Gasteiger partial charge in [-0.1, -0.05) is 13.8 Å². The third-order valence-corrected chi connectivity index (χ3v) is 3.52. The van der Waals surface area contributed by atoms with Crippen molar-refractivity contribution in [3.05, 3.63) is 47.5 Å². The number of carboxylic acids is 1. The quantitative estimate of drug-likeness (QED) is 0.763. The van der Waals surface area contributed by atoms with Gasteiger partial charge in [0.15, 0.2) is 0 Å². The van der Waals surface area contributed by atoms with Crippen molar-refractivity contribution in [1.29, 1.82) is 0 Å². The monoisotopic (exact) mass is 333 g/mol. The normalized spacial score (nSPS) is 10.8. The van der Waals surface area contributed by atoms with Crippen LogP contribution in [0.1, 0.15) is 48.7 Å². The molecule has 0 saturated carbocycles. The van der Waals surface area contributed by atoms with E-state index in [9.17, 15) is 14.0 Å². The topological polar surface area (TPSA) is 84.2 Å². The molecule has 0 spiro atoms. The Morgan fingerprint density at radius 3 is 2.54 bits per heavy atom. The number of halogens is 1. The van der Waals surface area contributed by atoms with Gasteiger partial charge in [-0.15, -0.1) is 0 Å². The summed E-state index contributed by atoms with van der Waals surface area (Å²) in [6.07, 6.45) is 1.85. The average molecular weight is 333 g/mol. The van der Waals surface area contributed by atoms with E-state index in [4.69, 9.17) is 5.11 Å². The summed E-state index contributed by atoms with van der Waals surface area (Å²) in [6, 6.07) is 5.88. The molecule has 0 saturated heterocycles. The highest BCUT2D eigenvalue weighted by molar-refractivity contribution is 5.95. The first-order chi connectivity index (χ1) is 11.4. The molecule has 2 aromatic rings. The van der Waals surface area contributed by atoms with Gasteiger partial charge < -0.3 is 10.4 Å². The highest BCUT2D eigenvalue weighted by Crippen LogP contribution is 2.23. The van der Waals surface area contributed by atoms with E-state index in [0.717, 1.165) is 5.69 Å². The second-order valence-corrected chi connectivity index (χ2v) is 5.74. The lowest BCUT2D eigenvalue weighted by atomic mass is 10.0. The number of hydrogen-bond donors (Lipinski definition) is 2. The zero-order chi connectivity index (χ0) is 17.7. The molecular formula is C17H20FN3O3. The fourth-order valence-corrected chi connectivity index (χ4v) is 2.41. The Labute approximate surface area is 139 Å². The molecule has 24 heavy (non-hydrogen) atoms. The summed E-state index contributed by atoms with van der Waals surface area (Å²) in [5.74, 6) is -1.50. The van der Waals surface area contributed by atoms with Crippen LogP contribution in [0.2, 0.25) is 0 Å². The van der Waals surface area contributed by atoms with E-state index in [2.05, 4.69) is 10.4 Å². The Kier molecular flexibility index (Phi) is 5.68. The highest BCUT2D eigenvalue weighted by atomic mass is 19.1. The third-order valence-electron chi connectivity index (χ3n) is 3.52. The van der Waals surface area contributed by atoms with Crippen molar-refractivity contribution < 1.29 is 19.1 Å². The van der Waals surface area contributed by atoms with Gasteiger partial charge in [0.05, 0.1) is 23.1 Å². The van der Waals surface area contributed by atoms with Crippen LogP contribution in [0.25, 0.3) is 5.69 Å². The lowest BCUT2D eigenvalue weighted by Gasteiger charge is -2.13. The molecule has 2 rings (SSSR count). The van der Waals surface area contributed by atoms with E-state index < -0.39 is 5.97 Å². The van der Waals surface area contributed by atoms with E-state index in [1.807, 2.05) is 13.8 Å². The van der Waals surface area contributed by atoms with E-state index in [1.165, 1.54) is 18.3 Å². The van der Waals surface area contributed by atoms with Crippen molar-refractivity contribution in [3.8, 4) is 5.69 Å². The number of carbonyl (C=O) groups is 2. The van der Waals surface area contributed by atoms with E-state index >= 15 is 0 Å². The SMILES string of the molecule is CC(C)c1c(C(=O)NCCCC(=O)O)cnn1-c1ccc(F)cc1. The van der Waals surface area contributed by atoms with E-state index in [-0.39, 0.29) is 30.6 Å². The minimum absolute atomic E-state index is 0.00611. The number of amides is 1. The average Bonchev–Trinajstić information content (AvgIpc) is 2.97. The van der Waals surface area contributed by atoms with Crippen molar-refractivity contribution in [2.24, 2.45) is 0 Å². The molecular weight excluding hydrogens is 313 g/mol. The maximum absolute atomic E-state index is 13.1. The van der Waals surface area contributed by atoms with Crippen molar-refractivity contribution in [2.45, 2.75) is 32.6 Å². The summed E-state index contributed by atoms with van der Waals surface area (Å²) in [5, 5.41) is 15.6. The van der Waals surface area contributed by atoms with Crippen LogP contribution in [-0.2, 0) is 4.79 Å². The number of carboxylic acid groups (broad SMARTS) is 1. The Morgan fingerprint density at radius 2 is 1.96 bits per heavy atom. The van der Waals surface area contributed by atoms with Crippen molar-refractivity contribution in [1.82, 2.24) is 15.1 Å². The summed E-state index contributed by atoms with van der Waals surface area (Å²) in [7, 11) is 0. The fourth-order valence-electron chi connectivity index (χ4n) is 2.41. The second-order valence-electron chi connectivity index (χ2n) is 5.74. The minimum atomic E-state index is -0.892. The summed E-state index contributed by atoms with van der Waals surface area (Å²) in [5.41, 5.74) is 1.83. The molecule has 2 N–H and O–H groups in total. The van der Waals surface area contributed by atoms with Gasteiger partial charge in [-0.2, -0.15) is 5.10 Å². The molecule has 0 aliphatic heterocycles. The smallest absolute Gasteiger partial charge is 0.303 e. The lowest BCUT2D eigenvalue weighted by molar-refractivity contribution is -0.137. The molecule has 0 atom stereocenters. The van der Waals surface area contributed by atoms with Crippen LogP contribution < -0.4 is 5.32 Å². The Morgan fingerprint density at radius 1 is 1.29 bits per heavy atom. The molecule has 1 aromatic carbocycles. The molecule has 7 heteroatoms. The molecule has 1 aromatic heterocycles.